The molecule has 0 saturated heterocycles. The second kappa shape index (κ2) is 5.01. The van der Waals surface area contributed by atoms with Crippen LogP contribution >= 0.6 is 0 Å². The molecule has 18 heavy (non-hydrogen) atoms. The first-order valence-corrected chi connectivity index (χ1v) is 6.06. The molecule has 1 aromatic rings. The van der Waals surface area contributed by atoms with Crippen LogP contribution < -0.4 is 5.73 Å². The van der Waals surface area contributed by atoms with Crippen molar-refractivity contribution in [3.05, 3.63) is 46.6 Å². The fourth-order valence-electron chi connectivity index (χ4n) is 2.07. The summed E-state index contributed by atoms with van der Waals surface area (Å²) in [5.41, 5.74) is 10.2. The van der Waals surface area contributed by atoms with Gasteiger partial charge in [-0.25, -0.2) is 0 Å². The monoisotopic (exact) mass is 239 g/mol. The standard InChI is InChI=1S/C16H17NO/c1-11-5-3-6-12(2)14(11)10-9-13-7-4-8-15(17)16(13)18/h4-5,7-8,18H,3,6,17H2,1-2H3. The predicted octanol–water partition coefficient (Wildman–Crippen LogP) is 3.38. The molecule has 2 nitrogen and oxygen atoms in total. The highest BCUT2D eigenvalue weighted by Gasteiger charge is 2.07. The molecule has 0 aromatic heterocycles. The first kappa shape index (κ1) is 12.3. The lowest BCUT2D eigenvalue weighted by Gasteiger charge is -2.12. The van der Waals surface area contributed by atoms with Crippen LogP contribution in [0.4, 0.5) is 5.69 Å². The van der Waals surface area contributed by atoms with Gasteiger partial charge in [0.25, 0.3) is 0 Å². The van der Waals surface area contributed by atoms with Crippen molar-refractivity contribution in [2.75, 3.05) is 5.73 Å². The fraction of sp³-hybridized carbons (Fsp3) is 0.250. The molecule has 0 fully saturated rings. The van der Waals surface area contributed by atoms with Crippen LogP contribution in [0.2, 0.25) is 0 Å². The van der Waals surface area contributed by atoms with Crippen LogP contribution in [0.1, 0.15) is 32.3 Å². The zero-order chi connectivity index (χ0) is 13.1. The van der Waals surface area contributed by atoms with Crippen molar-refractivity contribution < 1.29 is 5.11 Å². The molecule has 0 amide bonds. The number of phenols is 1. The third-order valence-electron chi connectivity index (χ3n) is 3.18. The third-order valence-corrected chi connectivity index (χ3v) is 3.18. The zero-order valence-corrected chi connectivity index (χ0v) is 10.7. The molecule has 0 heterocycles. The largest absolute Gasteiger partial charge is 0.505 e. The number of nitrogen functional groups attached to an aromatic ring is 1. The van der Waals surface area contributed by atoms with Gasteiger partial charge in [0.05, 0.1) is 11.3 Å². The fourth-order valence-corrected chi connectivity index (χ4v) is 2.07. The Morgan fingerprint density at radius 1 is 1.22 bits per heavy atom. The smallest absolute Gasteiger partial charge is 0.154 e. The molecule has 1 aromatic carbocycles. The molecule has 1 aliphatic carbocycles. The SMILES string of the molecule is CC1=CCCC(C)=C1C#Cc1cccc(N)c1O. The highest BCUT2D eigenvalue weighted by Crippen LogP contribution is 2.26. The minimum Gasteiger partial charge on any atom is -0.505 e. The average Bonchev–Trinajstić information content (AvgIpc) is 2.33. The van der Waals surface area contributed by atoms with Crippen LogP contribution in [-0.4, -0.2) is 5.11 Å². The van der Waals surface area contributed by atoms with E-state index >= 15 is 0 Å². The molecule has 0 bridgehead atoms. The van der Waals surface area contributed by atoms with Crippen LogP contribution in [0.5, 0.6) is 5.75 Å². The van der Waals surface area contributed by atoms with Gasteiger partial charge in [-0.15, -0.1) is 0 Å². The van der Waals surface area contributed by atoms with E-state index in [2.05, 4.69) is 31.8 Å². The van der Waals surface area contributed by atoms with Crippen LogP contribution in [0.15, 0.2) is 41.0 Å². The number of benzene rings is 1. The number of nitrogens with two attached hydrogens (primary N) is 1. The van der Waals surface area contributed by atoms with E-state index in [9.17, 15) is 5.11 Å². The number of rotatable bonds is 0. The summed E-state index contributed by atoms with van der Waals surface area (Å²) in [6.07, 6.45) is 4.35. The molecule has 3 N–H and O–H groups in total. The van der Waals surface area contributed by atoms with Gasteiger partial charge in [0.2, 0.25) is 0 Å². The van der Waals surface area contributed by atoms with Gasteiger partial charge in [0.15, 0.2) is 5.75 Å². The summed E-state index contributed by atoms with van der Waals surface area (Å²) in [4.78, 5) is 0. The molecule has 0 radical (unpaired) electrons. The van der Waals surface area contributed by atoms with E-state index < -0.39 is 0 Å². The van der Waals surface area contributed by atoms with Crippen molar-refractivity contribution in [3.8, 4) is 17.6 Å². The summed E-state index contributed by atoms with van der Waals surface area (Å²) in [5.74, 6) is 6.23. The Hall–Kier alpha value is -2.14. The topological polar surface area (TPSA) is 46.2 Å². The lowest BCUT2D eigenvalue weighted by Crippen LogP contribution is -1.95. The number of para-hydroxylation sites is 1. The Labute approximate surface area is 108 Å². The summed E-state index contributed by atoms with van der Waals surface area (Å²) in [6.45, 7) is 4.19. The summed E-state index contributed by atoms with van der Waals surface area (Å²) in [6, 6.07) is 5.23. The number of hydrogen-bond donors (Lipinski definition) is 2. The van der Waals surface area contributed by atoms with Crippen molar-refractivity contribution in [2.24, 2.45) is 0 Å². The molecular weight excluding hydrogens is 222 g/mol. The maximum Gasteiger partial charge on any atom is 0.154 e. The summed E-state index contributed by atoms with van der Waals surface area (Å²) < 4.78 is 0. The van der Waals surface area contributed by atoms with Crippen LogP contribution in [0.3, 0.4) is 0 Å². The van der Waals surface area contributed by atoms with E-state index in [4.69, 9.17) is 5.73 Å². The Morgan fingerprint density at radius 3 is 2.72 bits per heavy atom. The van der Waals surface area contributed by atoms with Crippen molar-refractivity contribution in [3.63, 3.8) is 0 Å². The molecule has 0 spiro atoms. The zero-order valence-electron chi connectivity index (χ0n) is 10.7. The van der Waals surface area contributed by atoms with Gasteiger partial charge in [-0.05, 0) is 44.4 Å². The summed E-state index contributed by atoms with van der Waals surface area (Å²) >= 11 is 0. The normalized spacial score (nSPS) is 14.9. The predicted molar refractivity (Wildman–Crippen MR) is 75.1 cm³/mol. The molecule has 0 atom stereocenters. The van der Waals surface area contributed by atoms with Gasteiger partial charge >= 0.3 is 0 Å². The number of allylic oxidation sites excluding steroid dienone is 4. The lowest BCUT2D eigenvalue weighted by molar-refractivity contribution is 0.476. The molecule has 0 aliphatic heterocycles. The number of hydrogen-bond acceptors (Lipinski definition) is 2. The Kier molecular flexibility index (Phi) is 3.43. The molecule has 2 heteroatoms. The van der Waals surface area contributed by atoms with Crippen LogP contribution in [0, 0.1) is 11.8 Å². The van der Waals surface area contributed by atoms with E-state index in [-0.39, 0.29) is 5.75 Å². The first-order valence-electron chi connectivity index (χ1n) is 6.06. The number of phenolic OH excluding ortho intramolecular Hbond substituents is 1. The summed E-state index contributed by atoms with van der Waals surface area (Å²) in [7, 11) is 0. The highest BCUT2D eigenvalue weighted by molar-refractivity contribution is 5.62. The second-order valence-corrected chi connectivity index (χ2v) is 4.57. The molecule has 92 valence electrons. The van der Waals surface area contributed by atoms with Crippen molar-refractivity contribution in [1.29, 1.82) is 0 Å². The van der Waals surface area contributed by atoms with Gasteiger partial charge in [-0.2, -0.15) is 0 Å². The van der Waals surface area contributed by atoms with E-state index in [1.165, 1.54) is 11.1 Å². The maximum atomic E-state index is 9.80. The van der Waals surface area contributed by atoms with Gasteiger partial charge in [-0.1, -0.05) is 29.6 Å². The Balaban J connectivity index is 2.38. The van der Waals surface area contributed by atoms with Gasteiger partial charge in [-0.3, -0.25) is 0 Å². The van der Waals surface area contributed by atoms with E-state index in [0.29, 0.717) is 11.3 Å². The van der Waals surface area contributed by atoms with Crippen LogP contribution in [-0.2, 0) is 0 Å². The van der Waals surface area contributed by atoms with Gasteiger partial charge in [0, 0.05) is 5.57 Å². The highest BCUT2D eigenvalue weighted by atomic mass is 16.3. The molecule has 0 saturated carbocycles. The molecular formula is C16H17NO. The van der Waals surface area contributed by atoms with E-state index in [1.54, 1.807) is 18.2 Å². The first-order chi connectivity index (χ1) is 8.59. The van der Waals surface area contributed by atoms with E-state index in [0.717, 1.165) is 18.4 Å². The Morgan fingerprint density at radius 2 is 2.00 bits per heavy atom. The second-order valence-electron chi connectivity index (χ2n) is 4.57. The minimum absolute atomic E-state index is 0.0701. The maximum absolute atomic E-state index is 9.80. The van der Waals surface area contributed by atoms with Crippen molar-refractivity contribution in [2.45, 2.75) is 26.7 Å². The minimum atomic E-state index is 0.0701. The average molecular weight is 239 g/mol. The number of anilines is 1. The lowest BCUT2D eigenvalue weighted by atomic mass is 9.93. The summed E-state index contributed by atoms with van der Waals surface area (Å²) in [5, 5.41) is 9.80. The number of aromatic hydroxyl groups is 1. The van der Waals surface area contributed by atoms with Crippen molar-refractivity contribution >= 4 is 5.69 Å². The molecule has 2 rings (SSSR count). The van der Waals surface area contributed by atoms with Crippen molar-refractivity contribution in [1.82, 2.24) is 0 Å². The van der Waals surface area contributed by atoms with Crippen LogP contribution in [0.25, 0.3) is 0 Å². The molecule has 1 aliphatic rings. The Bertz CT molecular complexity index is 597. The molecule has 0 unspecified atom stereocenters. The van der Waals surface area contributed by atoms with E-state index in [1.807, 2.05) is 0 Å². The van der Waals surface area contributed by atoms with Gasteiger partial charge in [0.1, 0.15) is 0 Å². The third kappa shape index (κ3) is 2.41. The quantitative estimate of drug-likeness (QED) is 0.414. The van der Waals surface area contributed by atoms with Gasteiger partial charge < -0.3 is 10.8 Å².